The van der Waals surface area contributed by atoms with E-state index in [1.165, 1.54) is 12.1 Å². The van der Waals surface area contributed by atoms with Crippen molar-refractivity contribution in [1.82, 2.24) is 4.72 Å². The third-order valence-corrected chi connectivity index (χ3v) is 5.96. The van der Waals surface area contributed by atoms with E-state index in [0.29, 0.717) is 30.3 Å². The number of nitrogens with one attached hydrogen (secondary N) is 1. The highest BCUT2D eigenvalue weighted by atomic mass is 32.2. The van der Waals surface area contributed by atoms with Gasteiger partial charge < -0.3 is 14.4 Å². The number of sulfonamides is 1. The Morgan fingerprint density at radius 1 is 1.24 bits per heavy atom. The number of anilines is 1. The van der Waals surface area contributed by atoms with E-state index in [2.05, 4.69) is 4.72 Å². The molecule has 1 aliphatic heterocycles. The molecule has 1 atom stereocenters. The van der Waals surface area contributed by atoms with Crippen molar-refractivity contribution in [2.75, 3.05) is 25.1 Å². The molecular formula is C19H23N3O6S. The molecule has 2 aromatic rings. The number of benzene rings is 2. The zero-order chi connectivity index (χ0) is 21.2. The first-order valence-corrected chi connectivity index (χ1v) is 10.6. The molecule has 0 saturated carbocycles. The average molecular weight is 421 g/mol. The lowest BCUT2D eigenvalue weighted by Crippen LogP contribution is -2.39. The van der Waals surface area contributed by atoms with Crippen LogP contribution in [0.2, 0.25) is 0 Å². The highest BCUT2D eigenvalue weighted by molar-refractivity contribution is 7.89. The zero-order valence-electron chi connectivity index (χ0n) is 16.4. The number of nitro benzene ring substituents is 1. The van der Waals surface area contributed by atoms with Crippen molar-refractivity contribution in [2.45, 2.75) is 30.9 Å². The van der Waals surface area contributed by atoms with Gasteiger partial charge in [0.15, 0.2) is 17.6 Å². The minimum Gasteiger partial charge on any atom is -0.486 e. The van der Waals surface area contributed by atoms with E-state index in [1.54, 1.807) is 31.9 Å². The molecule has 0 fully saturated rings. The molecule has 1 heterocycles. The molecule has 0 radical (unpaired) electrons. The molecule has 0 unspecified atom stereocenters. The molecule has 0 aliphatic carbocycles. The van der Waals surface area contributed by atoms with E-state index in [1.807, 2.05) is 18.2 Å². The van der Waals surface area contributed by atoms with E-state index < -0.39 is 14.9 Å². The van der Waals surface area contributed by atoms with Crippen LogP contribution >= 0.6 is 0 Å². The van der Waals surface area contributed by atoms with Gasteiger partial charge in [-0.3, -0.25) is 10.1 Å². The van der Waals surface area contributed by atoms with E-state index in [4.69, 9.17) is 9.47 Å². The zero-order valence-corrected chi connectivity index (χ0v) is 17.2. The van der Waals surface area contributed by atoms with Crippen molar-refractivity contribution in [3.05, 3.63) is 52.6 Å². The Hall–Kier alpha value is -2.85. The number of likely N-dealkylation sites (N-methyl/N-ethyl adjacent to an activating group) is 1. The molecule has 29 heavy (non-hydrogen) atoms. The number of hydrogen-bond donors (Lipinski definition) is 1. The van der Waals surface area contributed by atoms with Crippen molar-refractivity contribution in [2.24, 2.45) is 0 Å². The number of para-hydroxylation sites is 2. The van der Waals surface area contributed by atoms with Gasteiger partial charge in [0, 0.05) is 19.2 Å². The van der Waals surface area contributed by atoms with Gasteiger partial charge in [-0.1, -0.05) is 12.1 Å². The highest BCUT2D eigenvalue weighted by Crippen LogP contribution is 2.33. The SMILES string of the molecule is CC(C)NS(=O)(=O)c1ccc(N(C)C[C@H]2COc3ccccc3O2)c([N+](=O)[O-])c1. The minimum absolute atomic E-state index is 0.152. The second-order valence-corrected chi connectivity index (χ2v) is 8.78. The number of nitro groups is 1. The molecule has 1 N–H and O–H groups in total. The lowest BCUT2D eigenvalue weighted by atomic mass is 10.2. The quantitative estimate of drug-likeness (QED) is 0.540. The van der Waals surface area contributed by atoms with Gasteiger partial charge in [0.1, 0.15) is 12.3 Å². The topological polar surface area (TPSA) is 111 Å². The summed E-state index contributed by atoms with van der Waals surface area (Å²) in [6.07, 6.45) is -0.333. The van der Waals surface area contributed by atoms with Crippen LogP contribution in [0.3, 0.4) is 0 Å². The lowest BCUT2D eigenvalue weighted by molar-refractivity contribution is -0.384. The summed E-state index contributed by atoms with van der Waals surface area (Å²) in [5.74, 6) is 1.28. The van der Waals surface area contributed by atoms with E-state index >= 15 is 0 Å². The van der Waals surface area contributed by atoms with Crippen molar-refractivity contribution in [3.8, 4) is 11.5 Å². The van der Waals surface area contributed by atoms with Gasteiger partial charge in [-0.05, 0) is 38.1 Å². The van der Waals surface area contributed by atoms with Crippen molar-refractivity contribution in [3.63, 3.8) is 0 Å². The Morgan fingerprint density at radius 2 is 1.93 bits per heavy atom. The van der Waals surface area contributed by atoms with Crippen LogP contribution in [-0.2, 0) is 10.0 Å². The number of ether oxygens (including phenoxy) is 2. The predicted octanol–water partition coefficient (Wildman–Crippen LogP) is 2.56. The maximum atomic E-state index is 12.3. The minimum atomic E-state index is -3.84. The highest BCUT2D eigenvalue weighted by Gasteiger charge is 2.27. The second-order valence-electron chi connectivity index (χ2n) is 7.06. The van der Waals surface area contributed by atoms with Crippen LogP contribution in [0.15, 0.2) is 47.4 Å². The molecule has 0 spiro atoms. The van der Waals surface area contributed by atoms with Crippen LogP contribution in [0.4, 0.5) is 11.4 Å². The van der Waals surface area contributed by atoms with Gasteiger partial charge in [0.2, 0.25) is 10.0 Å². The van der Waals surface area contributed by atoms with Gasteiger partial charge in [-0.15, -0.1) is 0 Å². The normalized spacial score (nSPS) is 15.9. The van der Waals surface area contributed by atoms with Gasteiger partial charge in [0.05, 0.1) is 16.4 Å². The Kier molecular flexibility index (Phi) is 5.94. The fourth-order valence-electron chi connectivity index (χ4n) is 3.07. The Morgan fingerprint density at radius 3 is 2.59 bits per heavy atom. The summed E-state index contributed by atoms with van der Waals surface area (Å²) in [6.45, 7) is 3.99. The molecule has 0 saturated heterocycles. The summed E-state index contributed by atoms with van der Waals surface area (Å²) in [4.78, 5) is 12.5. The number of nitrogens with zero attached hydrogens (tertiary/aromatic N) is 2. The van der Waals surface area contributed by atoms with Crippen molar-refractivity contribution < 1.29 is 22.8 Å². The number of hydrogen-bond acceptors (Lipinski definition) is 7. The summed E-state index contributed by atoms with van der Waals surface area (Å²) in [5, 5.41) is 11.6. The van der Waals surface area contributed by atoms with Crippen molar-refractivity contribution >= 4 is 21.4 Å². The molecular weight excluding hydrogens is 398 g/mol. The van der Waals surface area contributed by atoms with Crippen LogP contribution in [0.25, 0.3) is 0 Å². The first-order chi connectivity index (χ1) is 13.7. The summed E-state index contributed by atoms with van der Waals surface area (Å²) in [6, 6.07) is 10.8. The number of rotatable bonds is 7. The van der Waals surface area contributed by atoms with Crippen molar-refractivity contribution in [1.29, 1.82) is 0 Å². The standard InChI is InChI=1S/C19H23N3O6S/c1-13(2)20-29(25,26)15-8-9-16(17(10-15)22(23)24)21(3)11-14-12-27-18-6-4-5-7-19(18)28-14/h4-10,13-14,20H,11-12H2,1-3H3/t14-/m0/s1. The summed E-state index contributed by atoms with van der Waals surface area (Å²) in [7, 11) is -2.15. The predicted molar refractivity (Wildman–Crippen MR) is 108 cm³/mol. The molecule has 156 valence electrons. The van der Waals surface area contributed by atoms with Crippen LogP contribution < -0.4 is 19.1 Å². The lowest BCUT2D eigenvalue weighted by Gasteiger charge is -2.30. The smallest absolute Gasteiger partial charge is 0.293 e. The first-order valence-electron chi connectivity index (χ1n) is 9.08. The average Bonchev–Trinajstić information content (AvgIpc) is 2.66. The maximum Gasteiger partial charge on any atom is 0.293 e. The third kappa shape index (κ3) is 4.77. The Labute approximate surface area is 169 Å². The second kappa shape index (κ2) is 8.26. The maximum absolute atomic E-state index is 12.3. The van der Waals surface area contributed by atoms with Crippen LogP contribution in [-0.4, -0.2) is 45.7 Å². The Bertz CT molecular complexity index is 1010. The fourth-order valence-corrected chi connectivity index (χ4v) is 4.35. The molecule has 1 aliphatic rings. The summed E-state index contributed by atoms with van der Waals surface area (Å²) in [5.41, 5.74) is -0.00258. The van der Waals surface area contributed by atoms with Crippen LogP contribution in [0.1, 0.15) is 13.8 Å². The Balaban J connectivity index is 1.82. The van der Waals surface area contributed by atoms with Crippen LogP contribution in [0.5, 0.6) is 11.5 Å². The first kappa shape index (κ1) is 20.9. The monoisotopic (exact) mass is 421 g/mol. The largest absolute Gasteiger partial charge is 0.486 e. The van der Waals surface area contributed by atoms with E-state index in [-0.39, 0.29) is 22.7 Å². The van der Waals surface area contributed by atoms with Gasteiger partial charge in [-0.25, -0.2) is 13.1 Å². The summed E-state index contributed by atoms with van der Waals surface area (Å²) >= 11 is 0. The molecule has 3 rings (SSSR count). The number of fused-ring (bicyclic) bond motifs is 1. The summed E-state index contributed by atoms with van der Waals surface area (Å²) < 4.78 is 38.7. The third-order valence-electron chi connectivity index (χ3n) is 4.30. The molecule has 10 heteroatoms. The fraction of sp³-hybridized carbons (Fsp3) is 0.368. The molecule has 9 nitrogen and oxygen atoms in total. The molecule has 2 aromatic carbocycles. The van der Waals surface area contributed by atoms with Gasteiger partial charge >= 0.3 is 0 Å². The van der Waals surface area contributed by atoms with Crippen LogP contribution in [0, 0.1) is 10.1 Å². The van der Waals surface area contributed by atoms with Gasteiger partial charge in [0.25, 0.3) is 5.69 Å². The van der Waals surface area contributed by atoms with E-state index in [9.17, 15) is 18.5 Å². The molecule has 0 amide bonds. The molecule has 0 bridgehead atoms. The molecule has 0 aromatic heterocycles. The van der Waals surface area contributed by atoms with Gasteiger partial charge in [-0.2, -0.15) is 0 Å². The van der Waals surface area contributed by atoms with E-state index in [0.717, 1.165) is 6.07 Å².